The molecule has 1 aromatic rings. The zero-order chi connectivity index (χ0) is 12.5. The largest absolute Gasteiger partial charge is 0.229 e. The third-order valence-electron chi connectivity index (χ3n) is 3.30. The van der Waals surface area contributed by atoms with Crippen molar-refractivity contribution >= 4 is 37.4 Å². The van der Waals surface area contributed by atoms with Gasteiger partial charge in [0.25, 0.3) is 0 Å². The maximum atomic E-state index is 11.5. The molecule has 1 aromatic carbocycles. The SMILES string of the molecule is O=S1(=O)CCC(C(CBr)c2ccc(Cl)cc2)C1. The lowest BCUT2D eigenvalue weighted by atomic mass is 9.87. The summed E-state index contributed by atoms with van der Waals surface area (Å²) in [4.78, 5) is 0. The fourth-order valence-corrected chi connectivity index (χ4v) is 5.25. The van der Waals surface area contributed by atoms with Crippen LogP contribution in [-0.4, -0.2) is 25.3 Å². The molecule has 2 rings (SSSR count). The molecule has 1 saturated heterocycles. The number of sulfone groups is 1. The smallest absolute Gasteiger partial charge is 0.150 e. The molecule has 2 nitrogen and oxygen atoms in total. The molecule has 1 aliphatic heterocycles. The van der Waals surface area contributed by atoms with Gasteiger partial charge < -0.3 is 0 Å². The molecule has 17 heavy (non-hydrogen) atoms. The van der Waals surface area contributed by atoms with Crippen LogP contribution >= 0.6 is 27.5 Å². The van der Waals surface area contributed by atoms with Crippen LogP contribution < -0.4 is 0 Å². The van der Waals surface area contributed by atoms with E-state index in [0.29, 0.717) is 16.5 Å². The molecule has 0 saturated carbocycles. The highest BCUT2D eigenvalue weighted by Crippen LogP contribution is 2.34. The van der Waals surface area contributed by atoms with Gasteiger partial charge in [-0.1, -0.05) is 39.7 Å². The number of hydrogen-bond acceptors (Lipinski definition) is 2. The highest BCUT2D eigenvalue weighted by molar-refractivity contribution is 9.09. The highest BCUT2D eigenvalue weighted by Gasteiger charge is 2.33. The topological polar surface area (TPSA) is 34.1 Å². The van der Waals surface area contributed by atoms with Crippen LogP contribution in [0.2, 0.25) is 5.02 Å². The molecule has 1 aliphatic rings. The number of hydrogen-bond donors (Lipinski definition) is 0. The molecule has 0 amide bonds. The van der Waals surface area contributed by atoms with Crippen molar-refractivity contribution in [2.45, 2.75) is 12.3 Å². The van der Waals surface area contributed by atoms with Crippen LogP contribution in [0, 0.1) is 5.92 Å². The zero-order valence-corrected chi connectivity index (χ0v) is 12.4. The Balaban J connectivity index is 2.20. The Kier molecular flexibility index (Phi) is 4.16. The quantitative estimate of drug-likeness (QED) is 0.793. The lowest BCUT2D eigenvalue weighted by Crippen LogP contribution is -2.16. The molecule has 0 aliphatic carbocycles. The maximum absolute atomic E-state index is 11.5. The van der Waals surface area contributed by atoms with Gasteiger partial charge in [0.15, 0.2) is 9.84 Å². The molecule has 94 valence electrons. The Labute approximate surface area is 115 Å². The second kappa shape index (κ2) is 5.29. The van der Waals surface area contributed by atoms with E-state index in [2.05, 4.69) is 15.9 Å². The number of rotatable bonds is 3. The molecular formula is C12H14BrClO2S. The van der Waals surface area contributed by atoms with E-state index >= 15 is 0 Å². The second-order valence-corrected chi connectivity index (χ2v) is 7.79. The zero-order valence-electron chi connectivity index (χ0n) is 9.27. The van der Waals surface area contributed by atoms with E-state index in [1.54, 1.807) is 0 Å². The van der Waals surface area contributed by atoms with E-state index < -0.39 is 9.84 Å². The summed E-state index contributed by atoms with van der Waals surface area (Å²) >= 11 is 9.35. The predicted octanol–water partition coefficient (Wildman–Crippen LogP) is 3.25. The summed E-state index contributed by atoms with van der Waals surface area (Å²) in [5.41, 5.74) is 1.16. The molecular weight excluding hydrogens is 324 g/mol. The van der Waals surface area contributed by atoms with E-state index in [1.807, 2.05) is 24.3 Å². The minimum absolute atomic E-state index is 0.223. The van der Waals surface area contributed by atoms with Gasteiger partial charge in [-0.25, -0.2) is 8.42 Å². The fraction of sp³-hybridized carbons (Fsp3) is 0.500. The first kappa shape index (κ1) is 13.4. The lowest BCUT2D eigenvalue weighted by molar-refractivity contribution is 0.505. The Bertz CT molecular complexity index is 484. The van der Waals surface area contributed by atoms with Gasteiger partial charge in [0.1, 0.15) is 0 Å². The van der Waals surface area contributed by atoms with Crippen molar-refractivity contribution in [3.05, 3.63) is 34.9 Å². The van der Waals surface area contributed by atoms with Crippen molar-refractivity contribution in [1.82, 2.24) is 0 Å². The summed E-state index contributed by atoms with van der Waals surface area (Å²) in [6.45, 7) is 0. The summed E-state index contributed by atoms with van der Waals surface area (Å²) in [6, 6.07) is 7.68. The van der Waals surface area contributed by atoms with Crippen LogP contribution in [0.15, 0.2) is 24.3 Å². The summed E-state index contributed by atoms with van der Waals surface area (Å²) in [5.74, 6) is 1.12. The molecule has 0 bridgehead atoms. The molecule has 1 heterocycles. The minimum atomic E-state index is -2.81. The number of alkyl halides is 1. The summed E-state index contributed by atoms with van der Waals surface area (Å²) in [5, 5.41) is 1.50. The molecule has 2 unspecified atom stereocenters. The van der Waals surface area contributed by atoms with Crippen LogP contribution in [0.25, 0.3) is 0 Å². The molecule has 5 heteroatoms. The van der Waals surface area contributed by atoms with Crippen molar-refractivity contribution in [3.8, 4) is 0 Å². The van der Waals surface area contributed by atoms with E-state index in [1.165, 1.54) is 0 Å². The third kappa shape index (κ3) is 3.24. The van der Waals surface area contributed by atoms with Crippen molar-refractivity contribution < 1.29 is 8.42 Å². The van der Waals surface area contributed by atoms with Gasteiger partial charge in [-0.3, -0.25) is 0 Å². The van der Waals surface area contributed by atoms with Gasteiger partial charge in [-0.2, -0.15) is 0 Å². The van der Waals surface area contributed by atoms with Gasteiger partial charge in [0.05, 0.1) is 11.5 Å². The Hall–Kier alpha value is -0.0600. The van der Waals surface area contributed by atoms with Gasteiger partial charge in [0, 0.05) is 10.4 Å². The third-order valence-corrected chi connectivity index (χ3v) is 6.04. The van der Waals surface area contributed by atoms with Crippen LogP contribution in [-0.2, 0) is 9.84 Å². The monoisotopic (exact) mass is 336 g/mol. The molecule has 1 fully saturated rings. The first-order valence-electron chi connectivity index (χ1n) is 5.54. The van der Waals surface area contributed by atoms with Crippen LogP contribution in [0.1, 0.15) is 17.9 Å². The highest BCUT2D eigenvalue weighted by atomic mass is 79.9. The van der Waals surface area contributed by atoms with Crippen LogP contribution in [0.3, 0.4) is 0 Å². The second-order valence-electron chi connectivity index (χ2n) is 4.48. The molecule has 2 atom stereocenters. The van der Waals surface area contributed by atoms with E-state index in [0.717, 1.165) is 17.3 Å². The number of benzene rings is 1. The van der Waals surface area contributed by atoms with Gasteiger partial charge in [0.2, 0.25) is 0 Å². The number of halogens is 2. The lowest BCUT2D eigenvalue weighted by Gasteiger charge is -2.20. The average molecular weight is 338 g/mol. The van der Waals surface area contributed by atoms with Crippen molar-refractivity contribution in [2.75, 3.05) is 16.8 Å². The van der Waals surface area contributed by atoms with Gasteiger partial charge in [-0.15, -0.1) is 0 Å². The standard InChI is InChI=1S/C12H14BrClO2S/c13-7-12(9-1-3-11(14)4-2-9)10-5-6-17(15,16)8-10/h1-4,10,12H,5-8H2. The van der Waals surface area contributed by atoms with Gasteiger partial charge in [-0.05, 0) is 36.0 Å². The molecule has 0 radical (unpaired) electrons. The fourth-order valence-electron chi connectivity index (χ4n) is 2.34. The first-order chi connectivity index (χ1) is 8.02. The average Bonchev–Trinajstić information content (AvgIpc) is 2.63. The van der Waals surface area contributed by atoms with Crippen molar-refractivity contribution in [2.24, 2.45) is 5.92 Å². The normalized spacial score (nSPS) is 24.7. The van der Waals surface area contributed by atoms with Crippen molar-refractivity contribution in [3.63, 3.8) is 0 Å². The Morgan fingerprint density at radius 2 is 2.00 bits per heavy atom. The Morgan fingerprint density at radius 3 is 2.47 bits per heavy atom. The molecule has 0 N–H and O–H groups in total. The van der Waals surface area contributed by atoms with E-state index in [9.17, 15) is 8.42 Å². The summed E-state index contributed by atoms with van der Waals surface area (Å²) < 4.78 is 23.0. The minimum Gasteiger partial charge on any atom is -0.229 e. The van der Waals surface area contributed by atoms with Gasteiger partial charge >= 0.3 is 0 Å². The maximum Gasteiger partial charge on any atom is 0.150 e. The predicted molar refractivity (Wildman–Crippen MR) is 74.7 cm³/mol. The van der Waals surface area contributed by atoms with Crippen LogP contribution in [0.5, 0.6) is 0 Å². The Morgan fingerprint density at radius 1 is 1.35 bits per heavy atom. The van der Waals surface area contributed by atoms with Crippen molar-refractivity contribution in [1.29, 1.82) is 0 Å². The molecule has 0 aromatic heterocycles. The molecule has 0 spiro atoms. The van der Waals surface area contributed by atoms with E-state index in [4.69, 9.17) is 11.6 Å². The summed E-state index contributed by atoms with van der Waals surface area (Å²) in [7, 11) is -2.81. The first-order valence-corrected chi connectivity index (χ1v) is 8.86. The van der Waals surface area contributed by atoms with Crippen LogP contribution in [0.4, 0.5) is 0 Å². The summed E-state index contributed by atoms with van der Waals surface area (Å²) in [6.07, 6.45) is 0.765. The van der Waals surface area contributed by atoms with E-state index in [-0.39, 0.29) is 11.8 Å².